The normalized spacial score (nSPS) is 20.8. The second kappa shape index (κ2) is 9.31. The lowest BCUT2D eigenvalue weighted by molar-refractivity contribution is 0.293. The molecule has 5 nitrogen and oxygen atoms in total. The number of aromatic nitrogens is 2. The minimum Gasteiger partial charge on any atom is -0.357 e. The lowest BCUT2D eigenvalue weighted by Crippen LogP contribution is -2.53. The van der Waals surface area contributed by atoms with Gasteiger partial charge < -0.3 is 10.2 Å². The summed E-state index contributed by atoms with van der Waals surface area (Å²) >= 11 is 2.21. The predicted octanol–water partition coefficient (Wildman–Crippen LogP) is 3.26. The molecule has 0 amide bonds. The van der Waals surface area contributed by atoms with E-state index in [1.165, 1.54) is 37.9 Å². The van der Waals surface area contributed by atoms with Gasteiger partial charge in [-0.2, -0.15) is 16.9 Å². The Morgan fingerprint density at radius 3 is 2.83 bits per heavy atom. The molecule has 1 aromatic rings. The largest absolute Gasteiger partial charge is 0.357 e. The Balaban J connectivity index is 0.00000208. The van der Waals surface area contributed by atoms with Gasteiger partial charge in [0.1, 0.15) is 0 Å². The molecule has 1 aromatic heterocycles. The van der Waals surface area contributed by atoms with Crippen LogP contribution in [0.25, 0.3) is 0 Å². The van der Waals surface area contributed by atoms with E-state index in [1.54, 1.807) is 0 Å². The molecular weight excluding hydrogens is 433 g/mol. The Labute approximate surface area is 167 Å². The lowest BCUT2D eigenvalue weighted by atomic mass is 9.87. The van der Waals surface area contributed by atoms with Gasteiger partial charge in [0.25, 0.3) is 0 Å². The van der Waals surface area contributed by atoms with Crippen molar-refractivity contribution in [3.8, 4) is 0 Å². The molecular formula is C17H30IN5S. The van der Waals surface area contributed by atoms with Crippen molar-refractivity contribution < 1.29 is 0 Å². The Morgan fingerprint density at radius 1 is 1.38 bits per heavy atom. The molecule has 136 valence electrons. The van der Waals surface area contributed by atoms with Crippen molar-refractivity contribution in [2.24, 2.45) is 12.0 Å². The van der Waals surface area contributed by atoms with Crippen molar-refractivity contribution in [1.29, 1.82) is 0 Å². The number of hydrogen-bond acceptors (Lipinski definition) is 3. The quantitative estimate of drug-likeness (QED) is 0.425. The molecule has 2 fully saturated rings. The van der Waals surface area contributed by atoms with Crippen LogP contribution < -0.4 is 5.32 Å². The molecule has 0 aromatic carbocycles. The molecule has 1 aliphatic carbocycles. The lowest BCUT2D eigenvalue weighted by Gasteiger charge is -2.45. The van der Waals surface area contributed by atoms with Gasteiger partial charge in [-0.25, -0.2) is 4.99 Å². The highest BCUT2D eigenvalue weighted by atomic mass is 127. The van der Waals surface area contributed by atoms with Crippen LogP contribution >= 0.6 is 35.7 Å². The summed E-state index contributed by atoms with van der Waals surface area (Å²) in [6.07, 6.45) is 8.78. The zero-order valence-corrected chi connectivity index (χ0v) is 18.0. The number of nitrogens with one attached hydrogen (secondary N) is 1. The molecule has 0 atom stereocenters. The van der Waals surface area contributed by atoms with Crippen LogP contribution in [0.15, 0.2) is 17.3 Å². The second-order valence-corrected chi connectivity index (χ2v) is 8.19. The third-order valence-electron chi connectivity index (χ3n) is 4.96. The summed E-state index contributed by atoms with van der Waals surface area (Å²) in [4.78, 5) is 7.37. The molecule has 1 spiro atoms. The van der Waals surface area contributed by atoms with Gasteiger partial charge in [-0.1, -0.05) is 19.3 Å². The first-order valence-electron chi connectivity index (χ1n) is 8.86. The number of halogens is 1. The van der Waals surface area contributed by atoms with E-state index < -0.39 is 0 Å². The Bertz CT molecular complexity index is 533. The third kappa shape index (κ3) is 4.80. The zero-order chi connectivity index (χ0) is 16.1. The molecule has 2 aliphatic rings. The van der Waals surface area contributed by atoms with Crippen molar-refractivity contribution in [3.05, 3.63) is 18.0 Å². The molecule has 1 saturated heterocycles. The van der Waals surface area contributed by atoms with Crippen LogP contribution in [0.2, 0.25) is 0 Å². The van der Waals surface area contributed by atoms with E-state index in [4.69, 9.17) is 4.99 Å². The maximum absolute atomic E-state index is 4.88. The SMILES string of the molecule is CCNC(=NCc1ccnn1C)N1CCSC2(CCCCC2)C1.I. The molecule has 0 radical (unpaired) electrons. The van der Waals surface area contributed by atoms with E-state index in [9.17, 15) is 0 Å². The number of hydrogen-bond donors (Lipinski definition) is 1. The van der Waals surface area contributed by atoms with Crippen LogP contribution in [0.3, 0.4) is 0 Å². The fourth-order valence-corrected chi connectivity index (χ4v) is 5.23. The van der Waals surface area contributed by atoms with Crippen molar-refractivity contribution in [1.82, 2.24) is 20.0 Å². The smallest absolute Gasteiger partial charge is 0.194 e. The van der Waals surface area contributed by atoms with Gasteiger partial charge in [0.15, 0.2) is 5.96 Å². The first-order chi connectivity index (χ1) is 11.2. The molecule has 0 unspecified atom stereocenters. The Kier molecular flexibility index (Phi) is 7.71. The van der Waals surface area contributed by atoms with Gasteiger partial charge in [0.05, 0.1) is 12.2 Å². The number of nitrogens with zero attached hydrogens (tertiary/aromatic N) is 4. The highest BCUT2D eigenvalue weighted by Gasteiger charge is 2.38. The summed E-state index contributed by atoms with van der Waals surface area (Å²) in [6, 6.07) is 2.04. The van der Waals surface area contributed by atoms with Crippen LogP contribution in [-0.4, -0.2) is 50.8 Å². The molecule has 1 saturated carbocycles. The Hall–Kier alpha value is -0.440. The summed E-state index contributed by atoms with van der Waals surface area (Å²) in [7, 11) is 1.98. The molecule has 24 heavy (non-hydrogen) atoms. The van der Waals surface area contributed by atoms with Crippen LogP contribution in [0.1, 0.15) is 44.7 Å². The van der Waals surface area contributed by atoms with Crippen LogP contribution in [0.4, 0.5) is 0 Å². The van der Waals surface area contributed by atoms with E-state index >= 15 is 0 Å². The fourth-order valence-electron chi connectivity index (χ4n) is 3.66. The third-order valence-corrected chi connectivity index (χ3v) is 6.50. The number of aryl methyl sites for hydroxylation is 1. The molecule has 3 rings (SSSR count). The molecule has 2 heterocycles. The van der Waals surface area contributed by atoms with Crippen LogP contribution in [0, 0.1) is 0 Å². The zero-order valence-electron chi connectivity index (χ0n) is 14.8. The fraction of sp³-hybridized carbons (Fsp3) is 0.765. The van der Waals surface area contributed by atoms with Gasteiger partial charge in [-0.15, -0.1) is 24.0 Å². The van der Waals surface area contributed by atoms with Gasteiger partial charge in [0.2, 0.25) is 0 Å². The molecule has 0 bridgehead atoms. The topological polar surface area (TPSA) is 45.5 Å². The number of rotatable bonds is 3. The van der Waals surface area contributed by atoms with Crippen molar-refractivity contribution in [2.45, 2.75) is 50.3 Å². The van der Waals surface area contributed by atoms with E-state index in [-0.39, 0.29) is 24.0 Å². The maximum Gasteiger partial charge on any atom is 0.194 e. The second-order valence-electron chi connectivity index (χ2n) is 6.63. The average molecular weight is 463 g/mol. The maximum atomic E-state index is 4.88. The number of thioether (sulfide) groups is 1. The van der Waals surface area contributed by atoms with Crippen LogP contribution in [-0.2, 0) is 13.6 Å². The van der Waals surface area contributed by atoms with Crippen molar-refractivity contribution >= 4 is 41.7 Å². The van der Waals surface area contributed by atoms with Gasteiger partial charge >= 0.3 is 0 Å². The van der Waals surface area contributed by atoms with Gasteiger partial charge in [-0.05, 0) is 25.8 Å². The summed E-state index contributed by atoms with van der Waals surface area (Å²) in [5.41, 5.74) is 1.15. The summed E-state index contributed by atoms with van der Waals surface area (Å²) < 4.78 is 2.38. The van der Waals surface area contributed by atoms with Gasteiger partial charge in [0, 0.05) is 43.4 Å². The predicted molar refractivity (Wildman–Crippen MR) is 113 cm³/mol. The van der Waals surface area contributed by atoms with Crippen molar-refractivity contribution in [2.75, 3.05) is 25.4 Å². The first-order valence-corrected chi connectivity index (χ1v) is 9.85. The van der Waals surface area contributed by atoms with E-state index in [0.29, 0.717) is 11.3 Å². The van der Waals surface area contributed by atoms with E-state index in [1.807, 2.05) is 24.0 Å². The van der Waals surface area contributed by atoms with Gasteiger partial charge in [-0.3, -0.25) is 4.68 Å². The first kappa shape index (κ1) is 19.9. The minimum absolute atomic E-state index is 0. The molecule has 1 aliphatic heterocycles. The summed E-state index contributed by atoms with van der Waals surface area (Å²) in [5.74, 6) is 2.29. The van der Waals surface area contributed by atoms with E-state index in [2.05, 4.69) is 34.0 Å². The highest BCUT2D eigenvalue weighted by Crippen LogP contribution is 2.42. The summed E-state index contributed by atoms with van der Waals surface area (Å²) in [5, 5.41) is 7.72. The average Bonchev–Trinajstić information content (AvgIpc) is 2.97. The number of aliphatic imine (C=N–C) groups is 1. The highest BCUT2D eigenvalue weighted by molar-refractivity contribution is 14.0. The molecule has 1 N–H and O–H groups in total. The number of guanidine groups is 1. The minimum atomic E-state index is 0. The van der Waals surface area contributed by atoms with Crippen LogP contribution in [0.5, 0.6) is 0 Å². The standard InChI is InChI=1S/C17H29N5S.HI/c1-3-18-16(19-13-15-7-10-20-21(15)2)22-11-12-23-17(14-22)8-5-4-6-9-17;/h7,10H,3-6,8-9,11-14H2,1-2H3,(H,18,19);1H. The monoisotopic (exact) mass is 463 g/mol. The van der Waals surface area contributed by atoms with E-state index in [0.717, 1.165) is 31.3 Å². The molecule has 7 heteroatoms. The van der Waals surface area contributed by atoms with Crippen molar-refractivity contribution in [3.63, 3.8) is 0 Å². The Morgan fingerprint density at radius 2 is 2.17 bits per heavy atom. The summed E-state index contributed by atoms with van der Waals surface area (Å²) in [6.45, 7) is 6.00.